The van der Waals surface area contributed by atoms with E-state index in [0.29, 0.717) is 29.8 Å². The third kappa shape index (κ3) is 4.87. The summed E-state index contributed by atoms with van der Waals surface area (Å²) in [4.78, 5) is 20.3. The quantitative estimate of drug-likeness (QED) is 0.605. The molecule has 1 saturated heterocycles. The molecule has 1 amide bonds. The Kier molecular flexibility index (Phi) is 6.29. The van der Waals surface area contributed by atoms with E-state index in [1.807, 2.05) is 48.5 Å². The van der Waals surface area contributed by atoms with Crippen LogP contribution >= 0.6 is 22.9 Å². The molecule has 0 unspecified atom stereocenters. The van der Waals surface area contributed by atoms with Gasteiger partial charge in [-0.1, -0.05) is 35.9 Å². The Bertz CT molecular complexity index is 988. The largest absolute Gasteiger partial charge is 0.379 e. The first kappa shape index (κ1) is 19.7. The second kappa shape index (κ2) is 9.26. The van der Waals surface area contributed by atoms with Crippen LogP contribution in [0.4, 0.5) is 17.1 Å². The van der Waals surface area contributed by atoms with E-state index in [0.717, 1.165) is 35.0 Å². The standard InChI is InChI=1S/C21H21ClN4O2S/c22-21-24-14-15(29-21)13-23-17-6-2-1-5-16(17)20(27)25-18-7-3-4-8-19(18)26-9-11-28-12-10-26/h1-8,14,23H,9-13H2,(H,25,27). The number of anilines is 3. The number of thiazole rings is 1. The molecule has 1 aliphatic heterocycles. The average Bonchev–Trinajstić information content (AvgIpc) is 3.18. The maximum Gasteiger partial charge on any atom is 0.257 e. The molecule has 0 saturated carbocycles. The van der Waals surface area contributed by atoms with Crippen LogP contribution in [-0.4, -0.2) is 37.2 Å². The van der Waals surface area contributed by atoms with Gasteiger partial charge in [0.1, 0.15) is 0 Å². The van der Waals surface area contributed by atoms with Crippen molar-refractivity contribution < 1.29 is 9.53 Å². The van der Waals surface area contributed by atoms with E-state index in [9.17, 15) is 4.79 Å². The number of nitrogens with one attached hydrogen (secondary N) is 2. The van der Waals surface area contributed by atoms with Crippen molar-refractivity contribution in [2.24, 2.45) is 0 Å². The Morgan fingerprint density at radius 3 is 2.59 bits per heavy atom. The van der Waals surface area contributed by atoms with Crippen molar-refractivity contribution in [2.75, 3.05) is 41.8 Å². The van der Waals surface area contributed by atoms with Crippen molar-refractivity contribution in [3.63, 3.8) is 0 Å². The van der Waals surface area contributed by atoms with Crippen LogP contribution in [0.15, 0.2) is 54.7 Å². The van der Waals surface area contributed by atoms with E-state index in [1.54, 1.807) is 6.20 Å². The lowest BCUT2D eigenvalue weighted by Gasteiger charge is -2.30. The highest BCUT2D eigenvalue weighted by Crippen LogP contribution is 2.28. The molecule has 2 heterocycles. The number of amides is 1. The van der Waals surface area contributed by atoms with Crippen LogP contribution in [0.1, 0.15) is 15.2 Å². The molecule has 0 radical (unpaired) electrons. The molecule has 4 rings (SSSR count). The Balaban J connectivity index is 1.50. The van der Waals surface area contributed by atoms with E-state index in [2.05, 4.69) is 20.5 Å². The zero-order valence-corrected chi connectivity index (χ0v) is 17.3. The van der Waals surface area contributed by atoms with Gasteiger partial charge in [-0.05, 0) is 24.3 Å². The highest BCUT2D eigenvalue weighted by molar-refractivity contribution is 7.15. The first-order chi connectivity index (χ1) is 14.2. The number of ether oxygens (including phenoxy) is 1. The van der Waals surface area contributed by atoms with E-state index < -0.39 is 0 Å². The topological polar surface area (TPSA) is 66.5 Å². The Morgan fingerprint density at radius 1 is 1.10 bits per heavy atom. The van der Waals surface area contributed by atoms with Crippen LogP contribution in [0.5, 0.6) is 0 Å². The van der Waals surface area contributed by atoms with Crippen LogP contribution in [0, 0.1) is 0 Å². The fraction of sp³-hybridized carbons (Fsp3) is 0.238. The zero-order chi connectivity index (χ0) is 20.1. The number of carbonyl (C=O) groups excluding carboxylic acids is 1. The van der Waals surface area contributed by atoms with Gasteiger partial charge in [-0.15, -0.1) is 11.3 Å². The van der Waals surface area contributed by atoms with Gasteiger partial charge in [-0.3, -0.25) is 4.79 Å². The van der Waals surface area contributed by atoms with Crippen molar-refractivity contribution in [2.45, 2.75) is 6.54 Å². The predicted octanol–water partition coefficient (Wildman–Crippen LogP) is 4.50. The molecule has 3 aromatic rings. The molecule has 0 spiro atoms. The predicted molar refractivity (Wildman–Crippen MR) is 118 cm³/mol. The summed E-state index contributed by atoms with van der Waals surface area (Å²) in [5, 5.41) is 6.39. The highest BCUT2D eigenvalue weighted by Gasteiger charge is 2.17. The lowest BCUT2D eigenvalue weighted by atomic mass is 10.1. The molecule has 1 aliphatic rings. The summed E-state index contributed by atoms with van der Waals surface area (Å²) in [5.74, 6) is -0.156. The Morgan fingerprint density at radius 2 is 1.83 bits per heavy atom. The molecular weight excluding hydrogens is 408 g/mol. The molecule has 150 valence electrons. The molecule has 0 aliphatic carbocycles. The van der Waals surface area contributed by atoms with Gasteiger partial charge < -0.3 is 20.3 Å². The minimum Gasteiger partial charge on any atom is -0.379 e. The molecule has 0 bridgehead atoms. The van der Waals surface area contributed by atoms with Crippen molar-refractivity contribution in [3.8, 4) is 0 Å². The number of para-hydroxylation sites is 3. The maximum absolute atomic E-state index is 13.1. The highest BCUT2D eigenvalue weighted by atomic mass is 35.5. The van der Waals surface area contributed by atoms with Crippen LogP contribution in [0.25, 0.3) is 0 Å². The summed E-state index contributed by atoms with van der Waals surface area (Å²) in [5.41, 5.74) is 3.15. The van der Waals surface area contributed by atoms with E-state index in [-0.39, 0.29) is 5.91 Å². The summed E-state index contributed by atoms with van der Waals surface area (Å²) in [6.07, 6.45) is 1.74. The van der Waals surface area contributed by atoms with Gasteiger partial charge in [0.2, 0.25) is 0 Å². The third-order valence-electron chi connectivity index (χ3n) is 4.65. The van der Waals surface area contributed by atoms with Gasteiger partial charge >= 0.3 is 0 Å². The number of halogens is 1. The SMILES string of the molecule is O=C(Nc1ccccc1N1CCOCC1)c1ccccc1NCc1cnc(Cl)s1. The number of aromatic nitrogens is 1. The van der Waals surface area contributed by atoms with Crippen molar-refractivity contribution in [3.05, 3.63) is 69.6 Å². The van der Waals surface area contributed by atoms with Gasteiger partial charge in [0.05, 0.1) is 36.7 Å². The van der Waals surface area contributed by atoms with Gasteiger partial charge in [-0.2, -0.15) is 0 Å². The van der Waals surface area contributed by atoms with E-state index in [4.69, 9.17) is 16.3 Å². The second-order valence-electron chi connectivity index (χ2n) is 6.55. The first-order valence-corrected chi connectivity index (χ1v) is 10.6. The maximum atomic E-state index is 13.1. The average molecular weight is 429 g/mol. The van der Waals surface area contributed by atoms with Crippen molar-refractivity contribution >= 4 is 45.9 Å². The smallest absolute Gasteiger partial charge is 0.257 e. The number of carbonyl (C=O) groups is 1. The number of rotatable bonds is 6. The summed E-state index contributed by atoms with van der Waals surface area (Å²) in [7, 11) is 0. The Hall–Kier alpha value is -2.61. The van der Waals surface area contributed by atoms with Crippen LogP contribution in [0.2, 0.25) is 4.47 Å². The van der Waals surface area contributed by atoms with Crippen molar-refractivity contribution in [1.29, 1.82) is 0 Å². The molecule has 29 heavy (non-hydrogen) atoms. The molecule has 6 nitrogen and oxygen atoms in total. The fourth-order valence-corrected chi connectivity index (χ4v) is 4.15. The molecular formula is C21H21ClN4O2S. The number of benzene rings is 2. The summed E-state index contributed by atoms with van der Waals surface area (Å²) >= 11 is 7.31. The van der Waals surface area contributed by atoms with Gasteiger partial charge in [0.25, 0.3) is 5.91 Å². The fourth-order valence-electron chi connectivity index (χ4n) is 3.23. The van der Waals surface area contributed by atoms with Gasteiger partial charge in [0.15, 0.2) is 4.47 Å². The minimum atomic E-state index is -0.156. The normalized spacial score (nSPS) is 13.9. The van der Waals surface area contributed by atoms with Crippen LogP contribution < -0.4 is 15.5 Å². The van der Waals surface area contributed by atoms with E-state index in [1.165, 1.54) is 11.3 Å². The summed E-state index contributed by atoms with van der Waals surface area (Å²) < 4.78 is 5.95. The minimum absolute atomic E-state index is 0.156. The van der Waals surface area contributed by atoms with Gasteiger partial charge in [0, 0.05) is 29.9 Å². The number of hydrogen-bond donors (Lipinski definition) is 2. The molecule has 1 fully saturated rings. The molecule has 8 heteroatoms. The zero-order valence-electron chi connectivity index (χ0n) is 15.7. The Labute approximate surface area is 178 Å². The summed E-state index contributed by atoms with van der Waals surface area (Å²) in [6.45, 7) is 3.55. The number of hydrogen-bond acceptors (Lipinski definition) is 6. The summed E-state index contributed by atoms with van der Waals surface area (Å²) in [6, 6.07) is 15.3. The second-order valence-corrected chi connectivity index (χ2v) is 8.25. The third-order valence-corrected chi connectivity index (χ3v) is 5.77. The monoisotopic (exact) mass is 428 g/mol. The molecule has 0 atom stereocenters. The number of nitrogens with zero attached hydrogens (tertiary/aromatic N) is 2. The van der Waals surface area contributed by atoms with Gasteiger partial charge in [-0.25, -0.2) is 4.98 Å². The lowest BCUT2D eigenvalue weighted by molar-refractivity contribution is 0.102. The number of morpholine rings is 1. The van der Waals surface area contributed by atoms with Crippen LogP contribution in [-0.2, 0) is 11.3 Å². The molecule has 1 aromatic heterocycles. The van der Waals surface area contributed by atoms with Crippen LogP contribution in [0.3, 0.4) is 0 Å². The molecule has 2 aromatic carbocycles. The van der Waals surface area contributed by atoms with E-state index >= 15 is 0 Å². The molecule has 2 N–H and O–H groups in total. The first-order valence-electron chi connectivity index (χ1n) is 9.37. The lowest BCUT2D eigenvalue weighted by Crippen LogP contribution is -2.36. The van der Waals surface area contributed by atoms with Crippen molar-refractivity contribution in [1.82, 2.24) is 4.98 Å².